The Bertz CT molecular complexity index is 903. The molecule has 2 aromatic carbocycles. The lowest BCUT2D eigenvalue weighted by atomic mass is 10.1. The van der Waals surface area contributed by atoms with Crippen LogP contribution >= 0.6 is 0 Å². The van der Waals surface area contributed by atoms with Gasteiger partial charge in [-0.3, -0.25) is 4.79 Å². The summed E-state index contributed by atoms with van der Waals surface area (Å²) in [6.45, 7) is 4.76. The first-order valence-corrected chi connectivity index (χ1v) is 9.75. The summed E-state index contributed by atoms with van der Waals surface area (Å²) in [5, 5.41) is 7.51. The van der Waals surface area contributed by atoms with Crippen LogP contribution in [0.3, 0.4) is 0 Å². The second-order valence-corrected chi connectivity index (χ2v) is 6.72. The topological polar surface area (TPSA) is 56.1 Å². The number of carbonyl (C=O) groups excluding carboxylic acids is 1. The van der Waals surface area contributed by atoms with Crippen LogP contribution in [0.2, 0.25) is 0 Å². The van der Waals surface area contributed by atoms with Crippen molar-refractivity contribution >= 4 is 5.91 Å². The molecule has 0 atom stereocenters. The van der Waals surface area contributed by atoms with Crippen LogP contribution in [-0.4, -0.2) is 28.8 Å². The summed E-state index contributed by atoms with van der Waals surface area (Å²) >= 11 is 0. The van der Waals surface area contributed by atoms with E-state index in [4.69, 9.17) is 4.74 Å². The fourth-order valence-corrected chi connectivity index (χ4v) is 3.09. The van der Waals surface area contributed by atoms with Crippen molar-refractivity contribution in [1.82, 2.24) is 15.1 Å². The van der Waals surface area contributed by atoms with Crippen molar-refractivity contribution in [2.24, 2.45) is 0 Å². The summed E-state index contributed by atoms with van der Waals surface area (Å²) in [5.74, 6) is 0.687. The van der Waals surface area contributed by atoms with Gasteiger partial charge in [0.15, 0.2) is 6.61 Å². The van der Waals surface area contributed by atoms with Crippen molar-refractivity contribution in [3.63, 3.8) is 0 Å². The van der Waals surface area contributed by atoms with Gasteiger partial charge in [0.25, 0.3) is 5.91 Å². The number of carbonyl (C=O) groups is 1. The molecule has 5 heteroatoms. The SMILES string of the molecule is CCc1ccccc1OCC(=O)NCCCc1cn(-c2ccccc2)nc1C. The zero-order valence-corrected chi connectivity index (χ0v) is 16.5. The Morgan fingerprint density at radius 1 is 1.07 bits per heavy atom. The molecule has 5 nitrogen and oxygen atoms in total. The molecule has 0 aliphatic carbocycles. The third-order valence-electron chi connectivity index (χ3n) is 4.68. The molecule has 0 radical (unpaired) electrons. The van der Waals surface area contributed by atoms with Gasteiger partial charge < -0.3 is 10.1 Å². The van der Waals surface area contributed by atoms with Crippen LogP contribution in [0.25, 0.3) is 5.69 Å². The van der Waals surface area contributed by atoms with E-state index in [0.29, 0.717) is 6.54 Å². The van der Waals surface area contributed by atoms with Crippen LogP contribution < -0.4 is 10.1 Å². The summed E-state index contributed by atoms with van der Waals surface area (Å²) in [6, 6.07) is 17.9. The summed E-state index contributed by atoms with van der Waals surface area (Å²) in [5.41, 5.74) is 4.39. The molecule has 146 valence electrons. The Kier molecular flexibility index (Phi) is 6.84. The van der Waals surface area contributed by atoms with Gasteiger partial charge in [-0.1, -0.05) is 43.3 Å². The second-order valence-electron chi connectivity index (χ2n) is 6.72. The van der Waals surface area contributed by atoms with Crippen LogP contribution in [-0.2, 0) is 17.6 Å². The number of hydrogen-bond acceptors (Lipinski definition) is 3. The quantitative estimate of drug-likeness (QED) is 0.576. The number of aryl methyl sites for hydroxylation is 3. The first-order valence-electron chi connectivity index (χ1n) is 9.75. The Labute approximate surface area is 166 Å². The maximum atomic E-state index is 12.0. The minimum Gasteiger partial charge on any atom is -0.483 e. The van der Waals surface area contributed by atoms with Crippen molar-refractivity contribution < 1.29 is 9.53 Å². The van der Waals surface area contributed by atoms with Gasteiger partial charge in [-0.15, -0.1) is 0 Å². The number of benzene rings is 2. The number of ether oxygens (including phenoxy) is 1. The largest absolute Gasteiger partial charge is 0.483 e. The van der Waals surface area contributed by atoms with E-state index < -0.39 is 0 Å². The van der Waals surface area contributed by atoms with Crippen molar-refractivity contribution in [3.8, 4) is 11.4 Å². The minimum atomic E-state index is -0.0948. The first-order chi connectivity index (χ1) is 13.7. The van der Waals surface area contributed by atoms with E-state index in [2.05, 4.69) is 23.5 Å². The highest BCUT2D eigenvalue weighted by Crippen LogP contribution is 2.18. The fraction of sp³-hybridized carbons (Fsp3) is 0.304. The van der Waals surface area contributed by atoms with Gasteiger partial charge in [-0.05, 0) is 55.5 Å². The molecule has 1 heterocycles. The van der Waals surface area contributed by atoms with Gasteiger partial charge in [-0.25, -0.2) is 4.68 Å². The average molecular weight is 377 g/mol. The van der Waals surface area contributed by atoms with Crippen LogP contribution in [0.4, 0.5) is 0 Å². The molecule has 0 aliphatic heterocycles. The van der Waals surface area contributed by atoms with E-state index in [1.165, 1.54) is 5.56 Å². The molecule has 3 aromatic rings. The lowest BCUT2D eigenvalue weighted by Crippen LogP contribution is -2.30. The Hall–Kier alpha value is -3.08. The maximum Gasteiger partial charge on any atom is 0.257 e. The van der Waals surface area contributed by atoms with Crippen molar-refractivity contribution in [1.29, 1.82) is 0 Å². The van der Waals surface area contributed by atoms with E-state index in [1.807, 2.05) is 66.2 Å². The van der Waals surface area contributed by atoms with Crippen molar-refractivity contribution in [2.75, 3.05) is 13.2 Å². The standard InChI is InChI=1S/C23H27N3O2/c1-3-19-10-7-8-14-22(19)28-17-23(27)24-15-9-11-20-16-26(25-18(20)2)21-12-5-4-6-13-21/h4-8,10,12-14,16H,3,9,11,15,17H2,1-2H3,(H,24,27). The molecular formula is C23H27N3O2. The lowest BCUT2D eigenvalue weighted by Gasteiger charge is -2.10. The molecule has 0 fully saturated rings. The van der Waals surface area contributed by atoms with Gasteiger partial charge in [0.1, 0.15) is 5.75 Å². The predicted molar refractivity (Wildman–Crippen MR) is 111 cm³/mol. The van der Waals surface area contributed by atoms with E-state index in [1.54, 1.807) is 0 Å². The van der Waals surface area contributed by atoms with Gasteiger partial charge in [0, 0.05) is 12.7 Å². The molecule has 1 aromatic heterocycles. The van der Waals surface area contributed by atoms with Gasteiger partial charge >= 0.3 is 0 Å². The van der Waals surface area contributed by atoms with Crippen LogP contribution in [0.15, 0.2) is 60.8 Å². The molecule has 1 amide bonds. The van der Waals surface area contributed by atoms with E-state index in [-0.39, 0.29) is 12.5 Å². The third-order valence-corrected chi connectivity index (χ3v) is 4.68. The molecule has 3 rings (SSSR count). The number of nitrogens with one attached hydrogen (secondary N) is 1. The van der Waals surface area contributed by atoms with E-state index in [0.717, 1.165) is 42.0 Å². The molecule has 1 N–H and O–H groups in total. The second kappa shape index (κ2) is 9.74. The summed E-state index contributed by atoms with van der Waals surface area (Å²) in [4.78, 5) is 12.0. The number of nitrogens with zero attached hydrogens (tertiary/aromatic N) is 2. The summed E-state index contributed by atoms with van der Waals surface area (Å²) < 4.78 is 7.56. The molecule has 0 bridgehead atoms. The molecule has 0 saturated heterocycles. The van der Waals surface area contributed by atoms with Crippen molar-refractivity contribution in [2.45, 2.75) is 33.1 Å². The van der Waals surface area contributed by atoms with Crippen molar-refractivity contribution in [3.05, 3.63) is 77.6 Å². The first kappa shape index (κ1) is 19.7. The monoisotopic (exact) mass is 377 g/mol. The highest BCUT2D eigenvalue weighted by atomic mass is 16.5. The number of para-hydroxylation sites is 2. The summed E-state index contributed by atoms with van der Waals surface area (Å²) in [6.07, 6.45) is 4.68. The Morgan fingerprint density at radius 3 is 2.61 bits per heavy atom. The van der Waals surface area contributed by atoms with Crippen LogP contribution in [0.1, 0.15) is 30.2 Å². The third kappa shape index (κ3) is 5.22. The number of rotatable bonds is 9. The maximum absolute atomic E-state index is 12.0. The zero-order valence-electron chi connectivity index (χ0n) is 16.5. The van der Waals surface area contributed by atoms with Crippen LogP contribution in [0, 0.1) is 6.92 Å². The summed E-state index contributed by atoms with van der Waals surface area (Å²) in [7, 11) is 0. The zero-order chi connectivity index (χ0) is 19.8. The Morgan fingerprint density at radius 2 is 1.82 bits per heavy atom. The predicted octanol–water partition coefficient (Wildman–Crippen LogP) is 3.87. The number of amides is 1. The molecule has 0 aliphatic rings. The highest BCUT2D eigenvalue weighted by Gasteiger charge is 2.08. The van der Waals surface area contributed by atoms with E-state index >= 15 is 0 Å². The smallest absolute Gasteiger partial charge is 0.257 e. The normalized spacial score (nSPS) is 10.6. The van der Waals surface area contributed by atoms with E-state index in [9.17, 15) is 4.79 Å². The molecule has 28 heavy (non-hydrogen) atoms. The average Bonchev–Trinajstić information content (AvgIpc) is 3.11. The molecule has 0 unspecified atom stereocenters. The molecular weight excluding hydrogens is 350 g/mol. The molecule has 0 spiro atoms. The lowest BCUT2D eigenvalue weighted by molar-refractivity contribution is -0.123. The molecule has 0 saturated carbocycles. The van der Waals surface area contributed by atoms with Gasteiger partial charge in [0.05, 0.1) is 11.4 Å². The number of aromatic nitrogens is 2. The van der Waals surface area contributed by atoms with Gasteiger partial charge in [0.2, 0.25) is 0 Å². The Balaban J connectivity index is 1.42. The minimum absolute atomic E-state index is 0.0436. The van der Waals surface area contributed by atoms with Gasteiger partial charge in [-0.2, -0.15) is 5.10 Å². The van der Waals surface area contributed by atoms with Crippen LogP contribution in [0.5, 0.6) is 5.75 Å². The number of hydrogen-bond donors (Lipinski definition) is 1. The highest BCUT2D eigenvalue weighted by molar-refractivity contribution is 5.77. The fourth-order valence-electron chi connectivity index (χ4n) is 3.09.